The van der Waals surface area contributed by atoms with E-state index in [4.69, 9.17) is 0 Å². The number of aryl methyl sites for hydroxylation is 1. The molecule has 3 rings (SSSR count). The van der Waals surface area contributed by atoms with Crippen LogP contribution in [0.1, 0.15) is 37.6 Å². The van der Waals surface area contributed by atoms with Crippen LogP contribution in [-0.4, -0.2) is 55.7 Å². The number of benzene rings is 1. The number of halogens is 1. The zero-order valence-electron chi connectivity index (χ0n) is 18.6. The predicted molar refractivity (Wildman–Crippen MR) is 124 cm³/mol. The number of carbonyl (C=O) groups excluding carboxylic acids is 1. The normalized spacial score (nSPS) is 15.9. The Hall–Kier alpha value is -2.72. The van der Waals surface area contributed by atoms with Crippen molar-refractivity contribution < 1.29 is 17.6 Å². The number of urea groups is 1. The fraction of sp³-hybridized carbons (Fsp3) is 0.455. The van der Waals surface area contributed by atoms with Crippen molar-refractivity contribution in [1.29, 1.82) is 0 Å². The van der Waals surface area contributed by atoms with Gasteiger partial charge in [-0.15, -0.1) is 0 Å². The first kappa shape index (κ1) is 23.9. The summed E-state index contributed by atoms with van der Waals surface area (Å²) < 4.78 is 40.1. The number of pyridine rings is 1. The molecule has 1 fully saturated rings. The van der Waals surface area contributed by atoms with Crippen LogP contribution in [0.2, 0.25) is 0 Å². The lowest BCUT2D eigenvalue weighted by Crippen LogP contribution is -2.49. The molecule has 1 aliphatic rings. The molecule has 1 aliphatic heterocycles. The summed E-state index contributed by atoms with van der Waals surface area (Å²) in [5, 5.41) is 5.63. The molecular formula is C22H30FN5O3S. The van der Waals surface area contributed by atoms with E-state index in [1.165, 1.54) is 16.4 Å². The van der Waals surface area contributed by atoms with E-state index in [1.54, 1.807) is 25.3 Å². The maximum absolute atomic E-state index is 14.5. The van der Waals surface area contributed by atoms with Crippen molar-refractivity contribution in [3.63, 3.8) is 0 Å². The van der Waals surface area contributed by atoms with Crippen LogP contribution in [-0.2, 0) is 10.0 Å². The second-order valence-corrected chi connectivity index (χ2v) is 10.0. The van der Waals surface area contributed by atoms with E-state index >= 15 is 0 Å². The third kappa shape index (κ3) is 5.95. The minimum Gasteiger partial charge on any atom is -0.369 e. The highest BCUT2D eigenvalue weighted by Gasteiger charge is 2.26. The Balaban J connectivity index is 1.69. The first-order chi connectivity index (χ1) is 15.2. The fourth-order valence-electron chi connectivity index (χ4n) is 3.68. The van der Waals surface area contributed by atoms with E-state index in [1.807, 2.05) is 24.8 Å². The Morgan fingerprint density at radius 3 is 2.47 bits per heavy atom. The average Bonchev–Trinajstić information content (AvgIpc) is 2.78. The Kier molecular flexibility index (Phi) is 7.68. The molecule has 0 bridgehead atoms. The summed E-state index contributed by atoms with van der Waals surface area (Å²) in [6.07, 6.45) is 2.15. The van der Waals surface area contributed by atoms with Crippen molar-refractivity contribution in [3.8, 4) is 0 Å². The standard InChI is InChI=1S/C22H30FN5O3S/c1-4-21(26-22(29)25-19-7-6-16(3)24-15-19)17-12-18(23)14-20(13-17)27-8-10-28(11-9-27)32(30,31)5-2/h6-7,12-15,21H,4-5,8-11H2,1-3H3,(H2,25,26,29). The van der Waals surface area contributed by atoms with Gasteiger partial charge in [-0.3, -0.25) is 4.98 Å². The quantitative estimate of drug-likeness (QED) is 0.657. The summed E-state index contributed by atoms with van der Waals surface area (Å²) in [6, 6.07) is 7.51. The minimum atomic E-state index is -3.23. The van der Waals surface area contributed by atoms with E-state index in [0.29, 0.717) is 49.5 Å². The van der Waals surface area contributed by atoms with Gasteiger partial charge in [0.15, 0.2) is 0 Å². The van der Waals surface area contributed by atoms with Crippen molar-refractivity contribution in [2.45, 2.75) is 33.2 Å². The van der Waals surface area contributed by atoms with E-state index in [9.17, 15) is 17.6 Å². The lowest BCUT2D eigenvalue weighted by atomic mass is 10.0. The number of nitrogens with zero attached hydrogens (tertiary/aromatic N) is 3. The summed E-state index contributed by atoms with van der Waals surface area (Å²) in [4.78, 5) is 18.6. The van der Waals surface area contributed by atoms with Crippen molar-refractivity contribution in [3.05, 3.63) is 53.6 Å². The second kappa shape index (κ2) is 10.3. The molecular weight excluding hydrogens is 433 g/mol. The van der Waals surface area contributed by atoms with Crippen LogP contribution in [0.5, 0.6) is 0 Å². The van der Waals surface area contributed by atoms with Crippen LogP contribution in [0.4, 0.5) is 20.6 Å². The number of hydrogen-bond donors (Lipinski definition) is 2. The van der Waals surface area contributed by atoms with Crippen LogP contribution >= 0.6 is 0 Å². The van der Waals surface area contributed by atoms with Crippen molar-refractivity contribution in [1.82, 2.24) is 14.6 Å². The number of aromatic nitrogens is 1. The number of piperazine rings is 1. The Morgan fingerprint density at radius 2 is 1.88 bits per heavy atom. The maximum atomic E-state index is 14.5. The molecule has 2 aromatic rings. The van der Waals surface area contributed by atoms with Gasteiger partial charge in [0.2, 0.25) is 10.0 Å². The summed E-state index contributed by atoms with van der Waals surface area (Å²) in [7, 11) is -3.23. The summed E-state index contributed by atoms with van der Waals surface area (Å²) in [5.74, 6) is -0.328. The first-order valence-electron chi connectivity index (χ1n) is 10.7. The third-order valence-electron chi connectivity index (χ3n) is 5.55. The Morgan fingerprint density at radius 1 is 1.16 bits per heavy atom. The molecule has 1 saturated heterocycles. The number of carbonyl (C=O) groups is 1. The average molecular weight is 464 g/mol. The molecule has 0 saturated carbocycles. The summed E-state index contributed by atoms with van der Waals surface area (Å²) >= 11 is 0. The monoisotopic (exact) mass is 463 g/mol. The number of sulfonamides is 1. The van der Waals surface area contributed by atoms with Gasteiger partial charge >= 0.3 is 6.03 Å². The number of rotatable bonds is 7. The molecule has 10 heteroatoms. The molecule has 1 unspecified atom stereocenters. The summed E-state index contributed by atoms with van der Waals surface area (Å²) in [5.41, 5.74) is 2.76. The first-order valence-corrected chi connectivity index (χ1v) is 12.4. The maximum Gasteiger partial charge on any atom is 0.319 e. The van der Waals surface area contributed by atoms with E-state index < -0.39 is 21.9 Å². The summed E-state index contributed by atoms with van der Waals surface area (Å²) in [6.45, 7) is 7.10. The molecule has 0 aliphatic carbocycles. The molecule has 8 nitrogen and oxygen atoms in total. The number of amides is 2. The van der Waals surface area contributed by atoms with Gasteiger partial charge in [-0.05, 0) is 56.2 Å². The van der Waals surface area contributed by atoms with Gasteiger partial charge in [-0.25, -0.2) is 17.6 Å². The molecule has 1 aromatic heterocycles. The van der Waals surface area contributed by atoms with Crippen molar-refractivity contribution in [2.75, 3.05) is 42.1 Å². The zero-order chi connectivity index (χ0) is 23.3. The minimum absolute atomic E-state index is 0.0711. The fourth-order valence-corrected chi connectivity index (χ4v) is 4.76. The smallest absolute Gasteiger partial charge is 0.319 e. The van der Waals surface area contributed by atoms with Crippen LogP contribution in [0.15, 0.2) is 36.5 Å². The third-order valence-corrected chi connectivity index (χ3v) is 7.43. The lowest BCUT2D eigenvalue weighted by molar-refractivity contribution is 0.248. The topological polar surface area (TPSA) is 94.6 Å². The lowest BCUT2D eigenvalue weighted by Gasteiger charge is -2.35. The number of nitrogens with one attached hydrogen (secondary N) is 2. The zero-order valence-corrected chi connectivity index (χ0v) is 19.5. The van der Waals surface area contributed by atoms with Gasteiger partial charge in [0.1, 0.15) is 5.82 Å². The van der Waals surface area contributed by atoms with Gasteiger partial charge in [0.05, 0.1) is 23.7 Å². The van der Waals surface area contributed by atoms with E-state index in [-0.39, 0.29) is 11.8 Å². The highest BCUT2D eigenvalue weighted by Crippen LogP contribution is 2.26. The molecule has 0 radical (unpaired) electrons. The van der Waals surface area contributed by atoms with Crippen LogP contribution in [0.25, 0.3) is 0 Å². The Labute approximate surface area is 188 Å². The highest BCUT2D eigenvalue weighted by molar-refractivity contribution is 7.89. The SMILES string of the molecule is CCC(NC(=O)Nc1ccc(C)nc1)c1cc(F)cc(N2CCN(S(=O)(=O)CC)CC2)c1. The molecule has 2 amide bonds. The van der Waals surface area contributed by atoms with Gasteiger partial charge in [-0.2, -0.15) is 4.31 Å². The number of anilines is 2. The number of hydrogen-bond acceptors (Lipinski definition) is 5. The molecule has 2 N–H and O–H groups in total. The van der Waals surface area contributed by atoms with Gasteiger partial charge in [0, 0.05) is 37.6 Å². The van der Waals surface area contributed by atoms with Crippen LogP contribution in [0.3, 0.4) is 0 Å². The predicted octanol–water partition coefficient (Wildman–Crippen LogP) is 3.27. The van der Waals surface area contributed by atoms with Crippen LogP contribution in [0, 0.1) is 12.7 Å². The molecule has 0 spiro atoms. The van der Waals surface area contributed by atoms with Gasteiger partial charge < -0.3 is 15.5 Å². The van der Waals surface area contributed by atoms with Crippen LogP contribution < -0.4 is 15.5 Å². The largest absolute Gasteiger partial charge is 0.369 e. The van der Waals surface area contributed by atoms with Gasteiger partial charge in [-0.1, -0.05) is 6.92 Å². The Bertz CT molecular complexity index is 1040. The molecule has 32 heavy (non-hydrogen) atoms. The molecule has 1 aromatic carbocycles. The second-order valence-electron chi connectivity index (χ2n) is 7.78. The van der Waals surface area contributed by atoms with Gasteiger partial charge in [0.25, 0.3) is 0 Å². The molecule has 174 valence electrons. The van der Waals surface area contributed by atoms with E-state index in [0.717, 1.165) is 5.69 Å². The molecule has 2 heterocycles. The highest BCUT2D eigenvalue weighted by atomic mass is 32.2. The van der Waals surface area contributed by atoms with Crippen molar-refractivity contribution in [2.24, 2.45) is 0 Å². The van der Waals surface area contributed by atoms with Crippen molar-refractivity contribution >= 4 is 27.4 Å². The van der Waals surface area contributed by atoms with E-state index in [2.05, 4.69) is 15.6 Å². The molecule has 1 atom stereocenters.